The molecule has 2 unspecified atom stereocenters. The van der Waals surface area contributed by atoms with Gasteiger partial charge in [-0.15, -0.1) is 0 Å². The van der Waals surface area contributed by atoms with E-state index in [-0.39, 0.29) is 22.9 Å². The summed E-state index contributed by atoms with van der Waals surface area (Å²) in [6.45, 7) is 9.56. The van der Waals surface area contributed by atoms with Crippen molar-refractivity contribution in [3.05, 3.63) is 95.1 Å². The van der Waals surface area contributed by atoms with Gasteiger partial charge in [-0.1, -0.05) is 76.3 Å². The van der Waals surface area contributed by atoms with E-state index in [1.54, 1.807) is 0 Å². The van der Waals surface area contributed by atoms with Crippen LogP contribution in [0.15, 0.2) is 72.8 Å². The second-order valence-electron chi connectivity index (χ2n) is 13.1. The molecule has 0 saturated carbocycles. The lowest BCUT2D eigenvalue weighted by atomic mass is 9.77. The molecule has 40 heavy (non-hydrogen) atoms. The number of hydrogen-bond acceptors (Lipinski definition) is 4. The third kappa shape index (κ3) is 4.68. The van der Waals surface area contributed by atoms with Crippen molar-refractivity contribution in [3.8, 4) is 0 Å². The van der Waals surface area contributed by atoms with Crippen LogP contribution < -0.4 is 19.6 Å². The number of benzene rings is 3. The molecule has 0 aliphatic carbocycles. The highest BCUT2D eigenvalue weighted by atomic mass is 15.2. The molecule has 2 aliphatic rings. The van der Waals surface area contributed by atoms with Gasteiger partial charge in [-0.25, -0.2) is 0 Å². The Morgan fingerprint density at radius 3 is 1.20 bits per heavy atom. The Balaban J connectivity index is 1.42. The van der Waals surface area contributed by atoms with Crippen molar-refractivity contribution >= 4 is 34.9 Å². The molecule has 3 aromatic rings. The summed E-state index contributed by atoms with van der Waals surface area (Å²) in [5.74, 6) is 0. The SMILES string of the molecule is CN(C)c1ccc(C=CC2N(C)c3cc4c(cc3C2(C)C)N(C)C(C=Cc2ccc(N(C)C)cc2)C4(C)C)cc1. The van der Waals surface area contributed by atoms with Crippen molar-refractivity contribution in [1.29, 1.82) is 0 Å². The van der Waals surface area contributed by atoms with Gasteiger partial charge in [-0.05, 0) is 58.7 Å². The van der Waals surface area contributed by atoms with Crippen LogP contribution in [0.5, 0.6) is 0 Å². The highest BCUT2D eigenvalue weighted by Gasteiger charge is 2.47. The molecule has 0 bridgehead atoms. The second kappa shape index (κ2) is 10.1. The van der Waals surface area contributed by atoms with Gasteiger partial charge in [0.15, 0.2) is 0 Å². The topological polar surface area (TPSA) is 13.0 Å². The first-order chi connectivity index (χ1) is 18.8. The van der Waals surface area contributed by atoms with Crippen LogP contribution in [0.2, 0.25) is 0 Å². The Morgan fingerprint density at radius 2 is 0.900 bits per heavy atom. The van der Waals surface area contributed by atoms with Crippen molar-refractivity contribution in [2.24, 2.45) is 0 Å². The maximum atomic E-state index is 2.48. The molecular weight excluding hydrogens is 488 g/mol. The molecule has 5 rings (SSSR count). The molecule has 0 radical (unpaired) electrons. The maximum absolute atomic E-state index is 2.48. The molecule has 4 nitrogen and oxygen atoms in total. The molecule has 3 aromatic carbocycles. The zero-order valence-electron chi connectivity index (χ0n) is 26.0. The molecule has 4 heteroatoms. The fourth-order valence-electron chi connectivity index (χ4n) is 6.69. The predicted octanol–water partition coefficient (Wildman–Crippen LogP) is 7.44. The number of fused-ring (bicyclic) bond motifs is 2. The Morgan fingerprint density at radius 1 is 0.575 bits per heavy atom. The molecule has 2 atom stereocenters. The quantitative estimate of drug-likeness (QED) is 0.326. The zero-order chi connectivity index (χ0) is 29.0. The van der Waals surface area contributed by atoms with Gasteiger partial charge in [0.25, 0.3) is 0 Å². The largest absolute Gasteiger partial charge is 0.378 e. The average Bonchev–Trinajstić information content (AvgIpc) is 3.22. The minimum absolute atomic E-state index is 0.00766. The van der Waals surface area contributed by atoms with E-state index in [0.29, 0.717) is 0 Å². The lowest BCUT2D eigenvalue weighted by Crippen LogP contribution is -2.38. The molecule has 0 N–H and O–H groups in total. The van der Waals surface area contributed by atoms with Gasteiger partial charge in [0.1, 0.15) is 0 Å². The number of nitrogens with zero attached hydrogens (tertiary/aromatic N) is 4. The molecule has 0 saturated heterocycles. The Kier molecular flexibility index (Phi) is 7.02. The molecule has 210 valence electrons. The first kappa shape index (κ1) is 27.9. The van der Waals surface area contributed by atoms with Gasteiger partial charge in [0.05, 0.1) is 12.1 Å². The molecular formula is C36H46N4. The summed E-state index contributed by atoms with van der Waals surface area (Å²) >= 11 is 0. The van der Waals surface area contributed by atoms with Crippen LogP contribution in [0.1, 0.15) is 49.9 Å². The van der Waals surface area contributed by atoms with Crippen LogP contribution in [0.4, 0.5) is 22.7 Å². The van der Waals surface area contributed by atoms with Crippen LogP contribution in [0.3, 0.4) is 0 Å². The Labute approximate surface area is 242 Å². The van der Waals surface area contributed by atoms with Crippen molar-refractivity contribution < 1.29 is 0 Å². The number of anilines is 4. The monoisotopic (exact) mass is 534 g/mol. The smallest absolute Gasteiger partial charge is 0.0565 e. The van der Waals surface area contributed by atoms with E-state index in [1.807, 2.05) is 0 Å². The Hall–Kier alpha value is -3.66. The normalized spacial score (nSPS) is 20.9. The average molecular weight is 535 g/mol. The van der Waals surface area contributed by atoms with E-state index >= 15 is 0 Å². The zero-order valence-corrected chi connectivity index (χ0v) is 26.0. The van der Waals surface area contributed by atoms with Crippen molar-refractivity contribution in [2.45, 2.75) is 50.6 Å². The van der Waals surface area contributed by atoms with E-state index in [9.17, 15) is 0 Å². The number of likely N-dealkylation sites (N-methyl/N-ethyl adjacent to an activating group) is 2. The van der Waals surface area contributed by atoms with Crippen LogP contribution in [-0.4, -0.2) is 54.4 Å². The van der Waals surface area contributed by atoms with Gasteiger partial charge >= 0.3 is 0 Å². The summed E-state index contributed by atoms with van der Waals surface area (Å²) in [5.41, 5.74) is 10.5. The fraction of sp³-hybridized carbons (Fsp3) is 0.389. The van der Waals surface area contributed by atoms with Crippen LogP contribution in [0.25, 0.3) is 12.2 Å². The lowest BCUT2D eigenvalue weighted by Gasteiger charge is -2.31. The van der Waals surface area contributed by atoms with Gasteiger partial charge < -0.3 is 19.6 Å². The minimum atomic E-state index is -0.00766. The van der Waals surface area contributed by atoms with Gasteiger partial charge in [0, 0.05) is 75.9 Å². The van der Waals surface area contributed by atoms with Crippen LogP contribution in [-0.2, 0) is 10.8 Å². The summed E-state index contributed by atoms with van der Waals surface area (Å²) in [6, 6.07) is 23.1. The summed E-state index contributed by atoms with van der Waals surface area (Å²) < 4.78 is 0. The van der Waals surface area contributed by atoms with E-state index in [0.717, 1.165) is 0 Å². The summed E-state index contributed by atoms with van der Waals surface area (Å²) in [4.78, 5) is 9.23. The highest BCUT2D eigenvalue weighted by molar-refractivity contribution is 5.77. The van der Waals surface area contributed by atoms with Gasteiger partial charge in [-0.2, -0.15) is 0 Å². The molecule has 0 spiro atoms. The molecule has 0 amide bonds. The van der Waals surface area contributed by atoms with E-state index in [2.05, 4.69) is 175 Å². The molecule has 0 aromatic heterocycles. The number of rotatable bonds is 6. The van der Waals surface area contributed by atoms with E-state index in [1.165, 1.54) is 45.0 Å². The first-order valence-electron chi connectivity index (χ1n) is 14.4. The van der Waals surface area contributed by atoms with Gasteiger partial charge in [0.2, 0.25) is 0 Å². The molecule has 2 aliphatic heterocycles. The summed E-state index contributed by atoms with van der Waals surface area (Å²) in [6.07, 6.45) is 9.34. The first-order valence-corrected chi connectivity index (χ1v) is 14.4. The van der Waals surface area contributed by atoms with Crippen molar-refractivity contribution in [2.75, 3.05) is 61.9 Å². The predicted molar refractivity (Wildman–Crippen MR) is 176 cm³/mol. The third-order valence-electron chi connectivity index (χ3n) is 9.34. The van der Waals surface area contributed by atoms with Crippen molar-refractivity contribution in [1.82, 2.24) is 0 Å². The van der Waals surface area contributed by atoms with Crippen LogP contribution in [0, 0.1) is 0 Å². The minimum Gasteiger partial charge on any atom is -0.378 e. The highest BCUT2D eigenvalue weighted by Crippen LogP contribution is 2.53. The fourth-order valence-corrected chi connectivity index (χ4v) is 6.69. The lowest BCUT2D eigenvalue weighted by molar-refractivity contribution is 0.486. The maximum Gasteiger partial charge on any atom is 0.0565 e. The van der Waals surface area contributed by atoms with Gasteiger partial charge in [-0.3, -0.25) is 0 Å². The van der Waals surface area contributed by atoms with E-state index in [4.69, 9.17) is 0 Å². The number of hydrogen-bond donors (Lipinski definition) is 0. The second-order valence-corrected chi connectivity index (χ2v) is 13.1. The molecule has 0 fully saturated rings. The van der Waals surface area contributed by atoms with E-state index < -0.39 is 0 Å². The van der Waals surface area contributed by atoms with Crippen molar-refractivity contribution in [3.63, 3.8) is 0 Å². The van der Waals surface area contributed by atoms with Crippen LogP contribution >= 0.6 is 0 Å². The Bertz CT molecular complexity index is 1310. The third-order valence-corrected chi connectivity index (χ3v) is 9.34. The molecule has 2 heterocycles. The summed E-state index contributed by atoms with van der Waals surface area (Å²) in [7, 11) is 12.8. The standard InChI is InChI=1S/C36H46N4/c1-35(2)29-23-32-30(24-31(29)39(9)33(35)21-15-25-11-17-27(18-12-25)37(5)6)36(3,4)34(40(32)10)22-16-26-13-19-28(20-14-26)38(7)8/h11-24,33-34H,1-10H3. The summed E-state index contributed by atoms with van der Waals surface area (Å²) in [5, 5.41) is 0.